The number of halogens is 2. The number of nitrogens with two attached hydrogens (primary N) is 1. The Balaban J connectivity index is 2.22. The topological polar surface area (TPSA) is 59.0 Å². The maximum atomic E-state index is 9.42. The van der Waals surface area contributed by atoms with Crippen molar-refractivity contribution in [2.45, 2.75) is 5.92 Å². The molecule has 0 saturated heterocycles. The number of rotatable bonds is 1. The van der Waals surface area contributed by atoms with Crippen LogP contribution < -0.4 is 10.5 Å². The van der Waals surface area contributed by atoms with Crippen LogP contribution in [0, 0.1) is 11.3 Å². The van der Waals surface area contributed by atoms with Crippen molar-refractivity contribution >= 4 is 23.2 Å². The minimum Gasteiger partial charge on any atom is -0.440 e. The van der Waals surface area contributed by atoms with E-state index in [0.717, 1.165) is 11.1 Å². The number of ether oxygens (including phenoxy) is 1. The largest absolute Gasteiger partial charge is 0.440 e. The third kappa shape index (κ3) is 2.44. The van der Waals surface area contributed by atoms with Gasteiger partial charge in [-0.05, 0) is 35.9 Å². The third-order valence-electron chi connectivity index (χ3n) is 3.38. The monoisotopic (exact) mass is 316 g/mol. The van der Waals surface area contributed by atoms with Crippen molar-refractivity contribution in [2.75, 3.05) is 0 Å². The summed E-state index contributed by atoms with van der Waals surface area (Å²) in [6.45, 7) is 0. The number of hydrogen-bond donors (Lipinski definition) is 1. The van der Waals surface area contributed by atoms with Crippen molar-refractivity contribution in [3.63, 3.8) is 0 Å². The van der Waals surface area contributed by atoms with E-state index in [1.165, 1.54) is 0 Å². The van der Waals surface area contributed by atoms with Crippen LogP contribution in [0.25, 0.3) is 0 Å². The molecule has 0 spiro atoms. The van der Waals surface area contributed by atoms with Crippen molar-refractivity contribution in [2.24, 2.45) is 5.73 Å². The van der Waals surface area contributed by atoms with Crippen LogP contribution in [0.15, 0.2) is 53.9 Å². The summed E-state index contributed by atoms with van der Waals surface area (Å²) >= 11 is 12.0. The molecule has 21 heavy (non-hydrogen) atoms. The first-order valence-electron chi connectivity index (χ1n) is 6.22. The highest BCUT2D eigenvalue weighted by Gasteiger charge is 2.30. The Morgan fingerprint density at radius 1 is 1.05 bits per heavy atom. The molecule has 2 N–H and O–H groups in total. The van der Waals surface area contributed by atoms with Gasteiger partial charge < -0.3 is 10.5 Å². The Morgan fingerprint density at radius 2 is 1.71 bits per heavy atom. The molecule has 5 heteroatoms. The molecule has 2 aromatic rings. The number of allylic oxidation sites excluding steroid dienone is 1. The lowest BCUT2D eigenvalue weighted by Gasteiger charge is -2.26. The number of hydrogen-bond acceptors (Lipinski definition) is 3. The minimum atomic E-state index is -0.310. The summed E-state index contributed by atoms with van der Waals surface area (Å²) in [6, 6.07) is 14.7. The van der Waals surface area contributed by atoms with Gasteiger partial charge in [-0.25, -0.2) is 0 Å². The summed E-state index contributed by atoms with van der Waals surface area (Å²) in [4.78, 5) is 0. The molecular formula is C16H10Cl2N2O. The SMILES string of the molecule is N#CC1=C(N)Oc2ccc(Cl)cc2C1c1ccc(Cl)cc1. The fraction of sp³-hybridized carbons (Fsp3) is 0.0625. The zero-order chi connectivity index (χ0) is 15.0. The molecule has 0 bridgehead atoms. The van der Waals surface area contributed by atoms with E-state index in [1.807, 2.05) is 12.1 Å². The van der Waals surface area contributed by atoms with Gasteiger partial charge >= 0.3 is 0 Å². The van der Waals surface area contributed by atoms with Gasteiger partial charge in [0.25, 0.3) is 0 Å². The van der Waals surface area contributed by atoms with Gasteiger partial charge in [0.1, 0.15) is 17.4 Å². The van der Waals surface area contributed by atoms with Gasteiger partial charge in [-0.1, -0.05) is 35.3 Å². The maximum absolute atomic E-state index is 9.42. The number of nitrogens with zero attached hydrogens (tertiary/aromatic N) is 1. The second-order valence-corrected chi connectivity index (χ2v) is 5.53. The van der Waals surface area contributed by atoms with Crippen molar-refractivity contribution < 1.29 is 4.74 Å². The predicted octanol–water partition coefficient (Wildman–Crippen LogP) is 4.21. The van der Waals surface area contributed by atoms with E-state index >= 15 is 0 Å². The first-order chi connectivity index (χ1) is 10.1. The third-order valence-corrected chi connectivity index (χ3v) is 3.87. The Labute approximate surface area is 132 Å². The lowest BCUT2D eigenvalue weighted by Crippen LogP contribution is -2.21. The molecule has 0 radical (unpaired) electrons. The fourth-order valence-electron chi connectivity index (χ4n) is 2.43. The summed E-state index contributed by atoms with van der Waals surface area (Å²) in [5, 5.41) is 10.6. The van der Waals surface area contributed by atoms with Crippen LogP contribution in [0.4, 0.5) is 0 Å². The summed E-state index contributed by atoms with van der Waals surface area (Å²) in [7, 11) is 0. The summed E-state index contributed by atoms with van der Waals surface area (Å²) in [5.41, 5.74) is 7.97. The van der Waals surface area contributed by atoms with Gasteiger partial charge in [0, 0.05) is 15.6 Å². The molecule has 3 rings (SSSR count). The summed E-state index contributed by atoms with van der Waals surface area (Å²) in [5.74, 6) is 0.415. The Morgan fingerprint density at radius 3 is 2.38 bits per heavy atom. The van der Waals surface area contributed by atoms with E-state index < -0.39 is 0 Å². The van der Waals surface area contributed by atoms with E-state index in [9.17, 15) is 5.26 Å². The standard InChI is InChI=1S/C16H10Cl2N2O/c17-10-3-1-9(2-4-10)15-12-7-11(18)5-6-14(12)21-16(20)13(15)8-19/h1-7,15H,20H2. The molecule has 1 unspecified atom stereocenters. The zero-order valence-electron chi connectivity index (χ0n) is 10.8. The van der Waals surface area contributed by atoms with Gasteiger partial charge in [-0.3, -0.25) is 0 Å². The molecule has 104 valence electrons. The molecule has 0 amide bonds. The molecule has 1 aliphatic heterocycles. The molecule has 1 aliphatic rings. The van der Waals surface area contributed by atoms with Gasteiger partial charge in [0.2, 0.25) is 5.88 Å². The Hall–Kier alpha value is -2.15. The highest BCUT2D eigenvalue weighted by Crippen LogP contribution is 2.43. The smallest absolute Gasteiger partial charge is 0.205 e. The second-order valence-electron chi connectivity index (χ2n) is 4.66. The molecular weight excluding hydrogens is 307 g/mol. The highest BCUT2D eigenvalue weighted by molar-refractivity contribution is 6.31. The summed E-state index contributed by atoms with van der Waals surface area (Å²) < 4.78 is 5.52. The van der Waals surface area contributed by atoms with Crippen molar-refractivity contribution in [1.29, 1.82) is 5.26 Å². The molecule has 0 aliphatic carbocycles. The van der Waals surface area contributed by atoms with Crippen LogP contribution in [-0.2, 0) is 0 Å². The fourth-order valence-corrected chi connectivity index (χ4v) is 2.74. The molecule has 0 fully saturated rings. The van der Waals surface area contributed by atoms with Gasteiger partial charge in [-0.2, -0.15) is 5.26 Å². The van der Waals surface area contributed by atoms with Gasteiger partial charge in [0.15, 0.2) is 0 Å². The van der Waals surface area contributed by atoms with Crippen LogP contribution in [0.3, 0.4) is 0 Å². The first-order valence-corrected chi connectivity index (χ1v) is 6.98. The van der Waals surface area contributed by atoms with Crippen LogP contribution in [0.1, 0.15) is 17.0 Å². The second kappa shape index (κ2) is 5.33. The van der Waals surface area contributed by atoms with Crippen LogP contribution in [0.5, 0.6) is 5.75 Å². The number of nitriles is 1. The molecule has 1 heterocycles. The van der Waals surface area contributed by atoms with Gasteiger partial charge in [-0.15, -0.1) is 0 Å². The number of fused-ring (bicyclic) bond motifs is 1. The van der Waals surface area contributed by atoms with Crippen molar-refractivity contribution in [3.8, 4) is 11.8 Å². The zero-order valence-corrected chi connectivity index (χ0v) is 12.3. The van der Waals surface area contributed by atoms with Gasteiger partial charge in [0.05, 0.1) is 5.92 Å². The maximum Gasteiger partial charge on any atom is 0.205 e. The molecule has 3 nitrogen and oxygen atoms in total. The van der Waals surface area contributed by atoms with Crippen LogP contribution in [-0.4, -0.2) is 0 Å². The summed E-state index contributed by atoms with van der Waals surface area (Å²) in [6.07, 6.45) is 0. The van der Waals surface area contributed by atoms with Crippen LogP contribution >= 0.6 is 23.2 Å². The van der Waals surface area contributed by atoms with E-state index in [-0.39, 0.29) is 11.8 Å². The van der Waals surface area contributed by atoms with Crippen LogP contribution in [0.2, 0.25) is 10.0 Å². The van der Waals surface area contributed by atoms with Crippen molar-refractivity contribution in [3.05, 3.63) is 75.1 Å². The predicted molar refractivity (Wildman–Crippen MR) is 82.2 cm³/mol. The average Bonchev–Trinajstić information content (AvgIpc) is 2.47. The van der Waals surface area contributed by atoms with E-state index in [2.05, 4.69) is 6.07 Å². The molecule has 0 saturated carbocycles. The average molecular weight is 317 g/mol. The molecule has 2 aromatic carbocycles. The van der Waals surface area contributed by atoms with E-state index in [4.69, 9.17) is 33.7 Å². The minimum absolute atomic E-state index is 0.118. The lowest BCUT2D eigenvalue weighted by molar-refractivity contribution is 0.393. The van der Waals surface area contributed by atoms with E-state index in [0.29, 0.717) is 21.4 Å². The lowest BCUT2D eigenvalue weighted by atomic mass is 9.83. The Kier molecular flexibility index (Phi) is 3.50. The first kappa shape index (κ1) is 13.8. The van der Waals surface area contributed by atoms with E-state index in [1.54, 1.807) is 30.3 Å². The Bertz CT molecular complexity index is 776. The quantitative estimate of drug-likeness (QED) is 0.857. The molecule has 1 atom stereocenters. The highest BCUT2D eigenvalue weighted by atomic mass is 35.5. The van der Waals surface area contributed by atoms with Crippen molar-refractivity contribution in [1.82, 2.24) is 0 Å². The normalized spacial score (nSPS) is 16.9. The number of benzene rings is 2. The molecule has 0 aromatic heterocycles.